The summed E-state index contributed by atoms with van der Waals surface area (Å²) in [7, 11) is 0. The van der Waals surface area contributed by atoms with Crippen molar-refractivity contribution in [3.63, 3.8) is 0 Å². The Bertz CT molecular complexity index is 967. The van der Waals surface area contributed by atoms with E-state index in [2.05, 4.69) is 0 Å². The normalized spacial score (nSPS) is 19.2. The summed E-state index contributed by atoms with van der Waals surface area (Å²) in [6.45, 7) is 0.626. The van der Waals surface area contributed by atoms with Crippen molar-refractivity contribution in [2.24, 2.45) is 11.1 Å². The van der Waals surface area contributed by atoms with Gasteiger partial charge in [0.05, 0.1) is 12.2 Å². The highest BCUT2D eigenvalue weighted by atomic mass is 35.5. The standard InChI is InChI=1S/C22H22ClF3N2O3/c23-17-6-2-7-18(11-17)31-14-21(12-19(27)29)8-3-9-28(13-21)20(30)15-4-1-5-16(10-15)22(24,25)26/h1-2,4-7,10-11H,3,8-9,12-14H2,(H2,27,29)/t21-/m1/s1. The van der Waals surface area contributed by atoms with Gasteiger partial charge in [0.15, 0.2) is 0 Å². The molecular formula is C22H22ClF3N2O3. The number of ether oxygens (including phenoxy) is 1. The summed E-state index contributed by atoms with van der Waals surface area (Å²) in [4.78, 5) is 26.2. The molecule has 0 radical (unpaired) electrons. The van der Waals surface area contributed by atoms with Crippen LogP contribution in [0.5, 0.6) is 5.75 Å². The Morgan fingerprint density at radius 1 is 1.16 bits per heavy atom. The minimum Gasteiger partial charge on any atom is -0.493 e. The summed E-state index contributed by atoms with van der Waals surface area (Å²) in [5.74, 6) is -0.553. The van der Waals surface area contributed by atoms with Gasteiger partial charge in [-0.2, -0.15) is 13.2 Å². The Hall–Kier alpha value is -2.74. The predicted octanol–water partition coefficient (Wildman–Crippen LogP) is 4.54. The third-order valence-corrected chi connectivity index (χ3v) is 5.51. The first-order chi connectivity index (χ1) is 14.6. The van der Waals surface area contributed by atoms with E-state index in [1.54, 1.807) is 24.3 Å². The zero-order chi connectivity index (χ0) is 22.6. The number of carbonyl (C=O) groups is 2. The molecule has 1 aliphatic rings. The number of likely N-dealkylation sites (tertiary alicyclic amines) is 1. The van der Waals surface area contributed by atoms with Gasteiger partial charge in [-0.05, 0) is 49.2 Å². The Morgan fingerprint density at radius 3 is 2.58 bits per heavy atom. The molecule has 0 aromatic heterocycles. The topological polar surface area (TPSA) is 72.6 Å². The molecule has 2 aromatic rings. The van der Waals surface area contributed by atoms with Gasteiger partial charge in [-0.3, -0.25) is 9.59 Å². The lowest BCUT2D eigenvalue weighted by Crippen LogP contribution is -2.50. The van der Waals surface area contributed by atoms with Crippen LogP contribution in [0.25, 0.3) is 0 Å². The summed E-state index contributed by atoms with van der Waals surface area (Å²) in [6.07, 6.45) is -3.40. The molecule has 2 aromatic carbocycles. The highest BCUT2D eigenvalue weighted by Crippen LogP contribution is 2.36. The van der Waals surface area contributed by atoms with Gasteiger partial charge in [-0.15, -0.1) is 0 Å². The van der Waals surface area contributed by atoms with Crippen LogP contribution in [0.2, 0.25) is 5.02 Å². The Kier molecular flexibility index (Phi) is 6.79. The van der Waals surface area contributed by atoms with Gasteiger partial charge < -0.3 is 15.4 Å². The lowest BCUT2D eigenvalue weighted by atomic mass is 9.77. The van der Waals surface area contributed by atoms with Crippen molar-refractivity contribution in [2.45, 2.75) is 25.4 Å². The minimum absolute atomic E-state index is 0.0140. The molecule has 3 rings (SSSR count). The van der Waals surface area contributed by atoms with Crippen LogP contribution < -0.4 is 10.5 Å². The van der Waals surface area contributed by atoms with E-state index in [0.29, 0.717) is 30.2 Å². The van der Waals surface area contributed by atoms with Crippen molar-refractivity contribution < 1.29 is 27.5 Å². The predicted molar refractivity (Wildman–Crippen MR) is 110 cm³/mol. The Morgan fingerprint density at radius 2 is 1.90 bits per heavy atom. The number of alkyl halides is 3. The zero-order valence-electron chi connectivity index (χ0n) is 16.6. The number of carbonyl (C=O) groups excluding carboxylic acids is 2. The molecule has 0 bridgehead atoms. The highest BCUT2D eigenvalue weighted by molar-refractivity contribution is 6.30. The molecule has 1 atom stereocenters. The SMILES string of the molecule is NC(=O)C[C@]1(COc2cccc(Cl)c2)CCCN(C(=O)c2cccc(C(F)(F)F)c2)C1. The number of amides is 2. The maximum Gasteiger partial charge on any atom is 0.416 e. The molecule has 31 heavy (non-hydrogen) atoms. The van der Waals surface area contributed by atoms with Crippen LogP contribution in [0.1, 0.15) is 35.2 Å². The second-order valence-electron chi connectivity index (χ2n) is 7.80. The quantitative estimate of drug-likeness (QED) is 0.696. The minimum atomic E-state index is -4.54. The fraction of sp³-hybridized carbons (Fsp3) is 0.364. The number of hydrogen-bond acceptors (Lipinski definition) is 3. The number of piperidine rings is 1. The summed E-state index contributed by atoms with van der Waals surface area (Å²) in [5.41, 5.74) is 3.77. The first kappa shape index (κ1) is 22.9. The Labute approximate surface area is 182 Å². The number of rotatable bonds is 6. The molecule has 1 fully saturated rings. The molecule has 2 N–H and O–H groups in total. The third kappa shape index (κ3) is 5.91. The molecule has 1 saturated heterocycles. The van der Waals surface area contributed by atoms with Crippen LogP contribution in [0, 0.1) is 5.41 Å². The van der Waals surface area contributed by atoms with Gasteiger partial charge >= 0.3 is 6.18 Å². The number of nitrogens with zero attached hydrogens (tertiary/aromatic N) is 1. The summed E-state index contributed by atoms with van der Waals surface area (Å²) in [5, 5.41) is 0.492. The molecule has 0 spiro atoms. The van der Waals surface area contributed by atoms with Gasteiger partial charge in [-0.1, -0.05) is 23.7 Å². The fourth-order valence-corrected chi connectivity index (χ4v) is 4.05. The van der Waals surface area contributed by atoms with E-state index in [1.165, 1.54) is 17.0 Å². The molecular weight excluding hydrogens is 433 g/mol. The smallest absolute Gasteiger partial charge is 0.416 e. The molecule has 0 aliphatic carbocycles. The molecule has 0 saturated carbocycles. The number of hydrogen-bond donors (Lipinski definition) is 1. The van der Waals surface area contributed by atoms with E-state index in [0.717, 1.165) is 12.1 Å². The molecule has 1 aliphatic heterocycles. The van der Waals surface area contributed by atoms with E-state index < -0.39 is 29.0 Å². The molecule has 0 unspecified atom stereocenters. The maximum atomic E-state index is 13.0. The number of halogens is 4. The second kappa shape index (κ2) is 9.18. The average Bonchev–Trinajstić information content (AvgIpc) is 2.71. The van der Waals surface area contributed by atoms with Crippen molar-refractivity contribution in [2.75, 3.05) is 19.7 Å². The number of benzene rings is 2. The van der Waals surface area contributed by atoms with Crippen LogP contribution in [0.4, 0.5) is 13.2 Å². The zero-order valence-corrected chi connectivity index (χ0v) is 17.4. The van der Waals surface area contributed by atoms with Crippen LogP contribution in [0.3, 0.4) is 0 Å². The molecule has 166 valence electrons. The number of nitrogens with two attached hydrogens (primary N) is 1. The summed E-state index contributed by atoms with van der Waals surface area (Å²) < 4.78 is 44.9. The highest BCUT2D eigenvalue weighted by Gasteiger charge is 2.40. The van der Waals surface area contributed by atoms with Crippen LogP contribution in [-0.4, -0.2) is 36.4 Å². The number of primary amides is 1. The van der Waals surface area contributed by atoms with Gasteiger partial charge in [-0.25, -0.2) is 0 Å². The lowest BCUT2D eigenvalue weighted by Gasteiger charge is -2.42. The molecule has 2 amide bonds. The maximum absolute atomic E-state index is 13.0. The van der Waals surface area contributed by atoms with E-state index in [-0.39, 0.29) is 25.1 Å². The first-order valence-electron chi connectivity index (χ1n) is 9.71. The van der Waals surface area contributed by atoms with Crippen molar-refractivity contribution >= 4 is 23.4 Å². The third-order valence-electron chi connectivity index (χ3n) is 5.28. The second-order valence-corrected chi connectivity index (χ2v) is 8.23. The van der Waals surface area contributed by atoms with Gasteiger partial charge in [0.1, 0.15) is 5.75 Å². The van der Waals surface area contributed by atoms with E-state index >= 15 is 0 Å². The first-order valence-corrected chi connectivity index (χ1v) is 10.1. The van der Waals surface area contributed by atoms with E-state index in [1.807, 2.05) is 0 Å². The molecule has 5 nitrogen and oxygen atoms in total. The van der Waals surface area contributed by atoms with Crippen molar-refractivity contribution in [3.05, 3.63) is 64.7 Å². The van der Waals surface area contributed by atoms with E-state index in [9.17, 15) is 22.8 Å². The Balaban J connectivity index is 1.80. The summed E-state index contributed by atoms with van der Waals surface area (Å²) in [6, 6.07) is 11.1. The lowest BCUT2D eigenvalue weighted by molar-refractivity contribution is -0.137. The van der Waals surface area contributed by atoms with Gasteiger partial charge in [0.2, 0.25) is 5.91 Å². The summed E-state index contributed by atoms with van der Waals surface area (Å²) >= 11 is 5.98. The van der Waals surface area contributed by atoms with Gasteiger partial charge in [0.25, 0.3) is 5.91 Å². The monoisotopic (exact) mass is 454 g/mol. The molecule has 1 heterocycles. The van der Waals surface area contributed by atoms with Gasteiger partial charge in [0, 0.05) is 35.5 Å². The van der Waals surface area contributed by atoms with E-state index in [4.69, 9.17) is 22.1 Å². The van der Waals surface area contributed by atoms with Crippen LogP contribution in [0.15, 0.2) is 48.5 Å². The average molecular weight is 455 g/mol. The fourth-order valence-electron chi connectivity index (χ4n) is 3.87. The molecule has 9 heteroatoms. The van der Waals surface area contributed by atoms with Crippen LogP contribution in [-0.2, 0) is 11.0 Å². The van der Waals surface area contributed by atoms with Crippen molar-refractivity contribution in [3.8, 4) is 5.75 Å². The van der Waals surface area contributed by atoms with Crippen molar-refractivity contribution in [1.82, 2.24) is 4.90 Å². The van der Waals surface area contributed by atoms with Crippen LogP contribution >= 0.6 is 11.6 Å². The largest absolute Gasteiger partial charge is 0.493 e. The van der Waals surface area contributed by atoms with Crippen molar-refractivity contribution in [1.29, 1.82) is 0 Å².